The van der Waals surface area contributed by atoms with Gasteiger partial charge >= 0.3 is 0 Å². The molecule has 0 saturated carbocycles. The summed E-state index contributed by atoms with van der Waals surface area (Å²) in [6.45, 7) is 1.92. The monoisotopic (exact) mass is 352 g/mol. The summed E-state index contributed by atoms with van der Waals surface area (Å²) < 4.78 is 0.929. The van der Waals surface area contributed by atoms with Crippen LogP contribution in [0, 0.1) is 6.92 Å². The molecule has 0 unspecified atom stereocenters. The molecule has 0 aliphatic rings. The van der Waals surface area contributed by atoms with E-state index in [-0.39, 0.29) is 18.4 Å². The molecule has 0 bridgehead atoms. The Morgan fingerprint density at radius 2 is 2.10 bits per heavy atom. The molecule has 0 fully saturated rings. The summed E-state index contributed by atoms with van der Waals surface area (Å²) in [7, 11) is 0. The smallest absolute Gasteiger partial charge is 0.261 e. The molecule has 20 heavy (non-hydrogen) atoms. The van der Waals surface area contributed by atoms with E-state index < -0.39 is 0 Å². The minimum absolute atomic E-state index is 0.0533. The lowest BCUT2D eigenvalue weighted by molar-refractivity contribution is -0.115. The van der Waals surface area contributed by atoms with Crippen molar-refractivity contribution in [1.29, 1.82) is 0 Å². The highest BCUT2D eigenvalue weighted by molar-refractivity contribution is 9.10. The van der Waals surface area contributed by atoms with Gasteiger partial charge in [0.1, 0.15) is 0 Å². The first-order valence-electron chi connectivity index (χ1n) is 5.94. The van der Waals surface area contributed by atoms with E-state index in [4.69, 9.17) is 0 Å². The quantitative estimate of drug-likeness (QED) is 0.887. The lowest BCUT2D eigenvalue weighted by atomic mass is 10.2. The van der Waals surface area contributed by atoms with Crippen molar-refractivity contribution in [2.24, 2.45) is 0 Å². The third-order valence-corrected chi connectivity index (χ3v) is 4.33. The summed E-state index contributed by atoms with van der Waals surface area (Å²) in [4.78, 5) is 24.0. The Hall–Kier alpha value is -1.66. The molecule has 0 aliphatic heterocycles. The number of anilines is 1. The number of hydrogen-bond acceptors (Lipinski definition) is 3. The highest BCUT2D eigenvalue weighted by atomic mass is 79.9. The molecule has 0 aliphatic carbocycles. The van der Waals surface area contributed by atoms with Crippen LogP contribution in [-0.2, 0) is 4.79 Å². The van der Waals surface area contributed by atoms with E-state index in [0.717, 1.165) is 10.0 Å². The number of halogens is 1. The third kappa shape index (κ3) is 3.91. The minimum Gasteiger partial charge on any atom is -0.342 e. The summed E-state index contributed by atoms with van der Waals surface area (Å²) in [5, 5.41) is 7.13. The van der Waals surface area contributed by atoms with Crippen LogP contribution in [0.25, 0.3) is 0 Å². The molecule has 2 rings (SSSR count). The number of thiophene rings is 1. The Morgan fingerprint density at radius 1 is 1.30 bits per heavy atom. The van der Waals surface area contributed by atoms with Crippen LogP contribution in [0.3, 0.4) is 0 Å². The largest absolute Gasteiger partial charge is 0.342 e. The molecule has 6 heteroatoms. The zero-order valence-electron chi connectivity index (χ0n) is 10.8. The van der Waals surface area contributed by atoms with Gasteiger partial charge in [0, 0.05) is 10.2 Å². The number of nitrogens with one attached hydrogen (secondary N) is 2. The number of hydrogen-bond donors (Lipinski definition) is 2. The fourth-order valence-electron chi connectivity index (χ4n) is 1.53. The number of carbonyl (C=O) groups is 2. The van der Waals surface area contributed by atoms with Crippen LogP contribution in [0.1, 0.15) is 15.2 Å². The van der Waals surface area contributed by atoms with Crippen LogP contribution in [0.2, 0.25) is 0 Å². The van der Waals surface area contributed by atoms with Gasteiger partial charge in [0.15, 0.2) is 0 Å². The van der Waals surface area contributed by atoms with Crippen molar-refractivity contribution in [2.45, 2.75) is 6.92 Å². The lowest BCUT2D eigenvalue weighted by Crippen LogP contribution is -2.32. The van der Waals surface area contributed by atoms with Gasteiger partial charge in [-0.3, -0.25) is 9.59 Å². The fraction of sp³-hybridized carbons (Fsp3) is 0.143. The molecule has 1 aromatic carbocycles. The second kappa shape index (κ2) is 6.67. The molecule has 0 radical (unpaired) electrons. The maximum absolute atomic E-state index is 11.7. The molecule has 0 spiro atoms. The van der Waals surface area contributed by atoms with Gasteiger partial charge in [-0.25, -0.2) is 0 Å². The highest BCUT2D eigenvalue weighted by Crippen LogP contribution is 2.20. The van der Waals surface area contributed by atoms with Gasteiger partial charge in [-0.05, 0) is 36.1 Å². The molecule has 2 aromatic rings. The van der Waals surface area contributed by atoms with Crippen molar-refractivity contribution >= 4 is 44.8 Å². The highest BCUT2D eigenvalue weighted by Gasteiger charge is 2.09. The summed E-state index contributed by atoms with van der Waals surface area (Å²) in [6, 6.07) is 9.07. The van der Waals surface area contributed by atoms with E-state index in [0.29, 0.717) is 10.6 Å². The Balaban J connectivity index is 1.86. The standard InChI is InChI=1S/C14H13BrN2O2S/c1-9-4-5-10(7-11(9)15)17-13(18)8-16-14(19)12-3-2-6-20-12/h2-7H,8H2,1H3,(H,16,19)(H,17,18). The van der Waals surface area contributed by atoms with Gasteiger partial charge in [-0.15, -0.1) is 11.3 Å². The summed E-state index contributed by atoms with van der Waals surface area (Å²) in [6.07, 6.45) is 0. The van der Waals surface area contributed by atoms with Gasteiger partial charge in [0.25, 0.3) is 5.91 Å². The molecular weight excluding hydrogens is 340 g/mol. The first-order valence-corrected chi connectivity index (χ1v) is 7.61. The van der Waals surface area contributed by atoms with E-state index in [9.17, 15) is 9.59 Å². The molecule has 4 nitrogen and oxygen atoms in total. The van der Waals surface area contributed by atoms with E-state index >= 15 is 0 Å². The topological polar surface area (TPSA) is 58.2 Å². The maximum Gasteiger partial charge on any atom is 0.261 e. The molecule has 0 saturated heterocycles. The summed E-state index contributed by atoms with van der Waals surface area (Å²) in [5.41, 5.74) is 1.78. The van der Waals surface area contributed by atoms with Crippen LogP contribution in [0.5, 0.6) is 0 Å². The Bertz CT molecular complexity index is 626. The zero-order chi connectivity index (χ0) is 14.5. The SMILES string of the molecule is Cc1ccc(NC(=O)CNC(=O)c2cccs2)cc1Br. The second-order valence-electron chi connectivity index (χ2n) is 4.17. The van der Waals surface area contributed by atoms with E-state index in [1.54, 1.807) is 12.1 Å². The first kappa shape index (κ1) is 14.7. The van der Waals surface area contributed by atoms with Crippen LogP contribution in [-0.4, -0.2) is 18.4 Å². The first-order chi connectivity index (χ1) is 9.56. The third-order valence-electron chi connectivity index (χ3n) is 2.61. The minimum atomic E-state index is -0.259. The molecule has 1 aromatic heterocycles. The van der Waals surface area contributed by atoms with Crippen LogP contribution in [0.4, 0.5) is 5.69 Å². The van der Waals surface area contributed by atoms with Crippen molar-refractivity contribution in [3.05, 3.63) is 50.6 Å². The van der Waals surface area contributed by atoms with Crippen molar-refractivity contribution in [3.8, 4) is 0 Å². The maximum atomic E-state index is 11.7. The van der Waals surface area contributed by atoms with Gasteiger partial charge in [-0.2, -0.15) is 0 Å². The second-order valence-corrected chi connectivity index (χ2v) is 5.97. The Morgan fingerprint density at radius 3 is 2.75 bits per heavy atom. The Kier molecular flexibility index (Phi) is 4.92. The van der Waals surface area contributed by atoms with Gasteiger partial charge < -0.3 is 10.6 Å². The number of amides is 2. The van der Waals surface area contributed by atoms with E-state index in [1.165, 1.54) is 11.3 Å². The van der Waals surface area contributed by atoms with Gasteiger partial charge in [0.05, 0.1) is 11.4 Å². The zero-order valence-corrected chi connectivity index (χ0v) is 13.2. The molecule has 2 amide bonds. The average Bonchev–Trinajstić information content (AvgIpc) is 2.94. The predicted octanol–water partition coefficient (Wildman–Crippen LogP) is 3.19. The average molecular weight is 353 g/mol. The van der Waals surface area contributed by atoms with Crippen molar-refractivity contribution < 1.29 is 9.59 Å². The molecular formula is C14H13BrN2O2S. The fourth-order valence-corrected chi connectivity index (χ4v) is 2.55. The molecule has 0 atom stereocenters. The van der Waals surface area contributed by atoms with Gasteiger partial charge in [0.2, 0.25) is 5.91 Å². The van der Waals surface area contributed by atoms with Crippen molar-refractivity contribution in [3.63, 3.8) is 0 Å². The number of carbonyl (C=O) groups excluding carboxylic acids is 2. The molecule has 104 valence electrons. The molecule has 1 heterocycles. The number of benzene rings is 1. The van der Waals surface area contributed by atoms with E-state index in [2.05, 4.69) is 26.6 Å². The van der Waals surface area contributed by atoms with E-state index in [1.807, 2.05) is 30.5 Å². The van der Waals surface area contributed by atoms with Crippen LogP contribution < -0.4 is 10.6 Å². The number of rotatable bonds is 4. The Labute approximate surface area is 129 Å². The summed E-state index contributed by atoms with van der Waals surface area (Å²) in [5.74, 6) is -0.495. The number of aryl methyl sites for hydroxylation is 1. The van der Waals surface area contributed by atoms with Gasteiger partial charge in [-0.1, -0.05) is 28.1 Å². The van der Waals surface area contributed by atoms with Crippen LogP contribution >= 0.6 is 27.3 Å². The normalized spacial score (nSPS) is 10.1. The van der Waals surface area contributed by atoms with Crippen molar-refractivity contribution in [1.82, 2.24) is 5.32 Å². The summed E-state index contributed by atoms with van der Waals surface area (Å²) >= 11 is 4.74. The predicted molar refractivity (Wildman–Crippen MR) is 84.2 cm³/mol. The molecule has 2 N–H and O–H groups in total. The van der Waals surface area contributed by atoms with Crippen molar-refractivity contribution in [2.75, 3.05) is 11.9 Å². The lowest BCUT2D eigenvalue weighted by Gasteiger charge is -2.07. The van der Waals surface area contributed by atoms with Crippen LogP contribution in [0.15, 0.2) is 40.2 Å².